The second kappa shape index (κ2) is 5.66. The fourth-order valence-electron chi connectivity index (χ4n) is 1.64. The van der Waals surface area contributed by atoms with Gasteiger partial charge in [0, 0.05) is 12.3 Å². The number of aromatic nitrogens is 2. The van der Waals surface area contributed by atoms with Crippen LogP contribution in [0.25, 0.3) is 0 Å². The first-order chi connectivity index (χ1) is 9.10. The van der Waals surface area contributed by atoms with Gasteiger partial charge in [-0.15, -0.1) is 11.3 Å². The van der Waals surface area contributed by atoms with Crippen LogP contribution in [-0.4, -0.2) is 26.8 Å². The van der Waals surface area contributed by atoms with Crippen LogP contribution in [-0.2, 0) is 17.8 Å². The topological polar surface area (TPSA) is 84.2 Å². The lowest BCUT2D eigenvalue weighted by Crippen LogP contribution is -2.14. The Kier molecular flexibility index (Phi) is 3.96. The molecule has 0 aliphatic carbocycles. The van der Waals surface area contributed by atoms with Gasteiger partial charge in [-0.1, -0.05) is 6.92 Å². The maximum Gasteiger partial charge on any atom is 0.325 e. The lowest BCUT2D eigenvalue weighted by Gasteiger charge is -2.02. The lowest BCUT2D eigenvalue weighted by atomic mass is 10.2. The standard InChI is InChI=1S/C12H13N3O3S/c1-2-8-4-6-19-11(8)12(18)13-9-3-5-15(14-9)7-10(16)17/h3-6H,2,7H2,1H3,(H,16,17)(H,13,14,18). The summed E-state index contributed by atoms with van der Waals surface area (Å²) in [5, 5.41) is 17.1. The van der Waals surface area contributed by atoms with Gasteiger partial charge in [0.25, 0.3) is 5.91 Å². The summed E-state index contributed by atoms with van der Waals surface area (Å²) in [5.74, 6) is -0.846. The quantitative estimate of drug-likeness (QED) is 0.874. The van der Waals surface area contributed by atoms with E-state index in [1.807, 2.05) is 18.4 Å². The van der Waals surface area contributed by atoms with Crippen molar-refractivity contribution in [1.82, 2.24) is 9.78 Å². The van der Waals surface area contributed by atoms with Gasteiger partial charge in [-0.05, 0) is 23.4 Å². The molecule has 0 radical (unpaired) electrons. The molecular weight excluding hydrogens is 266 g/mol. The largest absolute Gasteiger partial charge is 0.480 e. The van der Waals surface area contributed by atoms with Crippen molar-refractivity contribution in [2.45, 2.75) is 19.9 Å². The van der Waals surface area contributed by atoms with Gasteiger partial charge in [0.05, 0.1) is 4.88 Å². The molecule has 2 aromatic rings. The third-order valence-corrected chi connectivity index (χ3v) is 3.47. The average molecular weight is 279 g/mol. The van der Waals surface area contributed by atoms with Gasteiger partial charge in [0.1, 0.15) is 6.54 Å². The Labute approximate surface area is 113 Å². The molecular formula is C12H13N3O3S. The minimum Gasteiger partial charge on any atom is -0.480 e. The molecule has 0 aliphatic heterocycles. The molecule has 7 heteroatoms. The monoisotopic (exact) mass is 279 g/mol. The van der Waals surface area contributed by atoms with Crippen LogP contribution in [0.2, 0.25) is 0 Å². The number of carboxylic acids is 1. The zero-order chi connectivity index (χ0) is 13.8. The van der Waals surface area contributed by atoms with Gasteiger partial charge in [-0.3, -0.25) is 14.3 Å². The minimum absolute atomic E-state index is 0.215. The first kappa shape index (κ1) is 13.3. The number of rotatable bonds is 5. The number of nitrogens with zero attached hydrogens (tertiary/aromatic N) is 2. The molecule has 0 atom stereocenters. The van der Waals surface area contributed by atoms with Crippen LogP contribution in [0.15, 0.2) is 23.7 Å². The molecule has 0 aliphatic rings. The molecule has 0 fully saturated rings. The number of carbonyl (C=O) groups is 2. The van der Waals surface area contributed by atoms with Crippen molar-refractivity contribution in [2.75, 3.05) is 5.32 Å². The highest BCUT2D eigenvalue weighted by Crippen LogP contribution is 2.18. The number of amides is 1. The predicted octanol–water partition coefficient (Wildman–Crippen LogP) is 1.84. The van der Waals surface area contributed by atoms with Crippen LogP contribution >= 0.6 is 11.3 Å². The van der Waals surface area contributed by atoms with Crippen molar-refractivity contribution in [1.29, 1.82) is 0 Å². The molecule has 2 rings (SSSR count). The fraction of sp³-hybridized carbons (Fsp3) is 0.250. The smallest absolute Gasteiger partial charge is 0.325 e. The molecule has 1 amide bonds. The van der Waals surface area contributed by atoms with Gasteiger partial charge in [-0.25, -0.2) is 0 Å². The maximum absolute atomic E-state index is 12.0. The summed E-state index contributed by atoms with van der Waals surface area (Å²) in [7, 11) is 0. The summed E-state index contributed by atoms with van der Waals surface area (Å²) >= 11 is 1.38. The second-order valence-electron chi connectivity index (χ2n) is 3.87. The third-order valence-electron chi connectivity index (χ3n) is 2.51. The minimum atomic E-state index is -0.979. The molecule has 0 spiro atoms. The lowest BCUT2D eigenvalue weighted by molar-refractivity contribution is -0.137. The summed E-state index contributed by atoms with van der Waals surface area (Å²) in [6.45, 7) is 1.76. The summed E-state index contributed by atoms with van der Waals surface area (Å²) < 4.78 is 1.26. The second-order valence-corrected chi connectivity index (χ2v) is 4.79. The van der Waals surface area contributed by atoms with Crippen LogP contribution in [0.1, 0.15) is 22.2 Å². The van der Waals surface area contributed by atoms with Gasteiger partial charge in [-0.2, -0.15) is 5.10 Å². The van der Waals surface area contributed by atoms with Crippen molar-refractivity contribution in [3.63, 3.8) is 0 Å². The molecule has 19 heavy (non-hydrogen) atoms. The number of carbonyl (C=O) groups excluding carboxylic acids is 1. The van der Waals surface area contributed by atoms with Crippen LogP contribution in [0.3, 0.4) is 0 Å². The van der Waals surface area contributed by atoms with Gasteiger partial charge < -0.3 is 10.4 Å². The van der Waals surface area contributed by atoms with Crippen molar-refractivity contribution in [2.24, 2.45) is 0 Å². The van der Waals surface area contributed by atoms with Crippen LogP contribution in [0.4, 0.5) is 5.82 Å². The molecule has 0 saturated carbocycles. The van der Waals surface area contributed by atoms with E-state index in [0.717, 1.165) is 12.0 Å². The number of aliphatic carboxylic acids is 1. The van der Waals surface area contributed by atoms with Gasteiger partial charge in [0.15, 0.2) is 5.82 Å². The average Bonchev–Trinajstić information content (AvgIpc) is 2.96. The highest BCUT2D eigenvalue weighted by Gasteiger charge is 2.13. The number of hydrogen-bond donors (Lipinski definition) is 2. The first-order valence-electron chi connectivity index (χ1n) is 5.73. The molecule has 2 aromatic heterocycles. The summed E-state index contributed by atoms with van der Waals surface area (Å²) in [5.41, 5.74) is 0.993. The number of anilines is 1. The Balaban J connectivity index is 2.07. The number of carboxylic acid groups (broad SMARTS) is 1. The third kappa shape index (κ3) is 3.19. The molecule has 2 heterocycles. The van der Waals surface area contributed by atoms with E-state index in [4.69, 9.17) is 5.11 Å². The highest BCUT2D eigenvalue weighted by atomic mass is 32.1. The Morgan fingerprint density at radius 2 is 2.26 bits per heavy atom. The SMILES string of the molecule is CCc1ccsc1C(=O)Nc1ccn(CC(=O)O)n1. The van der Waals surface area contributed by atoms with E-state index in [1.54, 1.807) is 6.07 Å². The van der Waals surface area contributed by atoms with Crippen LogP contribution in [0.5, 0.6) is 0 Å². The van der Waals surface area contributed by atoms with Crippen LogP contribution < -0.4 is 5.32 Å². The summed E-state index contributed by atoms with van der Waals surface area (Å²) in [6, 6.07) is 3.49. The molecule has 0 bridgehead atoms. The van der Waals surface area contributed by atoms with E-state index in [1.165, 1.54) is 22.2 Å². The van der Waals surface area contributed by atoms with E-state index in [0.29, 0.717) is 10.7 Å². The van der Waals surface area contributed by atoms with Crippen molar-refractivity contribution in [3.8, 4) is 0 Å². The number of thiophene rings is 1. The van der Waals surface area contributed by atoms with Crippen molar-refractivity contribution in [3.05, 3.63) is 34.2 Å². The zero-order valence-electron chi connectivity index (χ0n) is 10.3. The van der Waals surface area contributed by atoms with E-state index in [2.05, 4.69) is 10.4 Å². The normalized spacial score (nSPS) is 10.4. The molecule has 0 unspecified atom stereocenters. The van der Waals surface area contributed by atoms with Gasteiger partial charge >= 0.3 is 5.97 Å². The number of nitrogens with one attached hydrogen (secondary N) is 1. The van der Waals surface area contributed by atoms with Crippen LogP contribution in [0, 0.1) is 0 Å². The van der Waals surface area contributed by atoms with E-state index in [9.17, 15) is 9.59 Å². The Hall–Kier alpha value is -2.15. The van der Waals surface area contributed by atoms with Crippen molar-refractivity contribution >= 4 is 29.0 Å². The highest BCUT2D eigenvalue weighted by molar-refractivity contribution is 7.12. The number of hydrogen-bond acceptors (Lipinski definition) is 4. The Morgan fingerprint density at radius 3 is 2.95 bits per heavy atom. The maximum atomic E-state index is 12.0. The molecule has 2 N–H and O–H groups in total. The Morgan fingerprint density at radius 1 is 1.47 bits per heavy atom. The summed E-state index contributed by atoms with van der Waals surface area (Å²) in [4.78, 5) is 23.2. The first-order valence-corrected chi connectivity index (χ1v) is 6.61. The predicted molar refractivity (Wildman–Crippen MR) is 71.5 cm³/mol. The molecule has 0 saturated heterocycles. The fourth-order valence-corrected chi connectivity index (χ4v) is 2.53. The van der Waals surface area contributed by atoms with E-state index in [-0.39, 0.29) is 12.5 Å². The van der Waals surface area contributed by atoms with Crippen molar-refractivity contribution < 1.29 is 14.7 Å². The Bertz CT molecular complexity index is 603. The van der Waals surface area contributed by atoms with Gasteiger partial charge in [0.2, 0.25) is 0 Å². The molecule has 100 valence electrons. The molecule has 0 aromatic carbocycles. The zero-order valence-corrected chi connectivity index (χ0v) is 11.1. The molecule has 6 nitrogen and oxygen atoms in total. The summed E-state index contributed by atoms with van der Waals surface area (Å²) in [6.07, 6.45) is 2.30. The van der Waals surface area contributed by atoms with E-state index >= 15 is 0 Å². The van der Waals surface area contributed by atoms with E-state index < -0.39 is 5.97 Å². The number of aryl methyl sites for hydroxylation is 1.